The third-order valence-electron chi connectivity index (χ3n) is 7.54. The van der Waals surface area contributed by atoms with Crippen LogP contribution in [0.3, 0.4) is 0 Å². The average Bonchev–Trinajstić information content (AvgIpc) is 3.31. The molecule has 38 heavy (non-hydrogen) atoms. The Morgan fingerprint density at radius 2 is 1.74 bits per heavy atom. The summed E-state index contributed by atoms with van der Waals surface area (Å²) in [6.07, 6.45) is 1.13. The zero-order chi connectivity index (χ0) is 26.7. The summed E-state index contributed by atoms with van der Waals surface area (Å²) in [4.78, 5) is 19.9. The minimum absolute atomic E-state index is 0.0584. The Hall–Kier alpha value is -3.49. The lowest BCUT2D eigenvalue weighted by Gasteiger charge is -2.34. The highest BCUT2D eigenvalue weighted by Crippen LogP contribution is 2.32. The first-order chi connectivity index (χ1) is 18.3. The fourth-order valence-corrected chi connectivity index (χ4v) is 5.54. The first-order valence-corrected chi connectivity index (χ1v) is 13.4. The van der Waals surface area contributed by atoms with Crippen LogP contribution < -0.4 is 15.0 Å². The number of fused-ring (bicyclic) bond motifs is 1. The Balaban J connectivity index is 1.13. The van der Waals surface area contributed by atoms with Gasteiger partial charge in [-0.25, -0.2) is 4.98 Å². The van der Waals surface area contributed by atoms with E-state index in [1.54, 1.807) is 12.1 Å². The van der Waals surface area contributed by atoms with Crippen molar-refractivity contribution >= 4 is 11.6 Å². The fraction of sp³-hybridized carbons (Fsp3) is 0.448. The number of hydrogen-bond acceptors (Lipinski definition) is 4. The maximum atomic E-state index is 13.0. The molecule has 1 saturated heterocycles. The van der Waals surface area contributed by atoms with Gasteiger partial charge in [-0.15, -0.1) is 13.2 Å². The predicted molar refractivity (Wildman–Crippen MR) is 139 cm³/mol. The van der Waals surface area contributed by atoms with E-state index in [9.17, 15) is 18.0 Å². The van der Waals surface area contributed by atoms with Crippen molar-refractivity contribution in [2.45, 2.75) is 70.8 Å². The number of amides is 1. The number of nitrogens with zero attached hydrogens (tertiary/aromatic N) is 3. The number of alkyl halides is 3. The molecule has 0 aliphatic carbocycles. The molecule has 2 aliphatic heterocycles. The van der Waals surface area contributed by atoms with Crippen LogP contribution in [0, 0.1) is 0 Å². The number of aryl methyl sites for hydroxylation is 2. The number of piperidine rings is 1. The van der Waals surface area contributed by atoms with E-state index < -0.39 is 6.36 Å². The topological polar surface area (TPSA) is 59.4 Å². The lowest BCUT2D eigenvalue weighted by Crippen LogP contribution is -2.32. The molecular weight excluding hydrogens is 493 g/mol. The van der Waals surface area contributed by atoms with Crippen LogP contribution in [0.5, 0.6) is 5.75 Å². The number of carbonyl (C=O) groups excluding carboxylic acids is 1. The number of imidazole rings is 1. The molecule has 3 aromatic rings. The van der Waals surface area contributed by atoms with Crippen LogP contribution in [0.25, 0.3) is 0 Å². The summed E-state index contributed by atoms with van der Waals surface area (Å²) in [5.74, 6) is 1.19. The van der Waals surface area contributed by atoms with E-state index >= 15 is 0 Å². The molecule has 5 rings (SSSR count). The number of benzene rings is 2. The van der Waals surface area contributed by atoms with E-state index in [1.165, 1.54) is 17.7 Å². The van der Waals surface area contributed by atoms with Crippen LogP contribution in [-0.2, 0) is 25.9 Å². The molecule has 1 N–H and O–H groups in total. The average molecular weight is 527 g/mol. The van der Waals surface area contributed by atoms with Crippen molar-refractivity contribution in [1.29, 1.82) is 0 Å². The van der Waals surface area contributed by atoms with Gasteiger partial charge in [0.15, 0.2) is 0 Å². The number of anilines is 1. The van der Waals surface area contributed by atoms with Crippen molar-refractivity contribution in [1.82, 2.24) is 14.9 Å². The van der Waals surface area contributed by atoms with Crippen LogP contribution >= 0.6 is 0 Å². The SMILES string of the molecule is CCc1nc2n(c1C(=O)NCc1ccc(C3CCN(c4ccc(OC(F)(F)F)cc4)CC3)cc1)CCCC2. The molecule has 1 fully saturated rings. The number of hydrogen-bond donors (Lipinski definition) is 1. The zero-order valence-corrected chi connectivity index (χ0v) is 21.6. The minimum Gasteiger partial charge on any atom is -0.406 e. The Kier molecular flexibility index (Phi) is 7.63. The smallest absolute Gasteiger partial charge is 0.406 e. The van der Waals surface area contributed by atoms with Crippen molar-refractivity contribution in [2.24, 2.45) is 0 Å². The zero-order valence-electron chi connectivity index (χ0n) is 21.6. The van der Waals surface area contributed by atoms with Crippen LogP contribution in [0.2, 0.25) is 0 Å². The Morgan fingerprint density at radius 1 is 1.03 bits per heavy atom. The first-order valence-electron chi connectivity index (χ1n) is 13.4. The summed E-state index contributed by atoms with van der Waals surface area (Å²) >= 11 is 0. The van der Waals surface area contributed by atoms with Crippen LogP contribution in [0.4, 0.5) is 18.9 Å². The molecule has 202 valence electrons. The molecule has 0 unspecified atom stereocenters. The van der Waals surface area contributed by atoms with Gasteiger partial charge >= 0.3 is 6.36 Å². The molecule has 0 spiro atoms. The second-order valence-electron chi connectivity index (χ2n) is 10.0. The van der Waals surface area contributed by atoms with E-state index in [4.69, 9.17) is 4.98 Å². The summed E-state index contributed by atoms with van der Waals surface area (Å²) < 4.78 is 43.2. The highest BCUT2D eigenvalue weighted by molar-refractivity contribution is 5.94. The number of rotatable bonds is 7. The number of nitrogens with one attached hydrogen (secondary N) is 1. The quantitative estimate of drug-likeness (QED) is 0.411. The third-order valence-corrected chi connectivity index (χ3v) is 7.54. The molecule has 2 aromatic carbocycles. The van der Waals surface area contributed by atoms with Crippen molar-refractivity contribution in [3.63, 3.8) is 0 Å². The third kappa shape index (κ3) is 5.97. The molecule has 6 nitrogen and oxygen atoms in total. The van der Waals surface area contributed by atoms with E-state index in [2.05, 4.69) is 43.8 Å². The lowest BCUT2D eigenvalue weighted by molar-refractivity contribution is -0.274. The van der Waals surface area contributed by atoms with Crippen LogP contribution in [0.15, 0.2) is 48.5 Å². The summed E-state index contributed by atoms with van der Waals surface area (Å²) in [5, 5.41) is 3.09. The van der Waals surface area contributed by atoms with E-state index in [1.807, 2.05) is 6.92 Å². The van der Waals surface area contributed by atoms with Gasteiger partial charge in [-0.1, -0.05) is 31.2 Å². The van der Waals surface area contributed by atoms with Gasteiger partial charge in [0.25, 0.3) is 5.91 Å². The molecular formula is C29H33F3N4O2. The predicted octanol–water partition coefficient (Wildman–Crippen LogP) is 5.99. The van der Waals surface area contributed by atoms with E-state index in [0.29, 0.717) is 18.2 Å². The fourth-order valence-electron chi connectivity index (χ4n) is 5.54. The molecule has 3 heterocycles. The molecule has 2 aliphatic rings. The molecule has 9 heteroatoms. The monoisotopic (exact) mass is 526 g/mol. The molecule has 1 amide bonds. The number of halogens is 3. The van der Waals surface area contributed by atoms with Crippen molar-refractivity contribution in [3.8, 4) is 5.75 Å². The van der Waals surface area contributed by atoms with Gasteiger partial charge in [0.05, 0.1) is 5.69 Å². The minimum atomic E-state index is -4.68. The van der Waals surface area contributed by atoms with Crippen LogP contribution in [-0.4, -0.2) is 34.9 Å². The second-order valence-corrected chi connectivity index (χ2v) is 10.0. The van der Waals surface area contributed by atoms with Gasteiger partial charge < -0.3 is 19.5 Å². The number of aromatic nitrogens is 2. The number of ether oxygens (including phenoxy) is 1. The molecule has 1 aromatic heterocycles. The first kappa shape index (κ1) is 26.1. The van der Waals surface area contributed by atoms with Gasteiger partial charge in [0.2, 0.25) is 0 Å². The van der Waals surface area contributed by atoms with E-state index in [-0.39, 0.29) is 11.7 Å². The van der Waals surface area contributed by atoms with Crippen LogP contribution in [0.1, 0.15) is 71.7 Å². The lowest BCUT2D eigenvalue weighted by atomic mass is 9.89. The van der Waals surface area contributed by atoms with Gasteiger partial charge in [-0.05, 0) is 73.4 Å². The van der Waals surface area contributed by atoms with Gasteiger partial charge in [0, 0.05) is 38.3 Å². The maximum Gasteiger partial charge on any atom is 0.573 e. The molecule has 0 atom stereocenters. The van der Waals surface area contributed by atoms with Gasteiger partial charge in [0.1, 0.15) is 17.3 Å². The standard InChI is InChI=1S/C29H33F3N4O2/c1-2-25-27(36-16-4-3-5-26(36)34-25)28(37)33-19-20-6-8-21(9-7-20)22-14-17-35(18-15-22)23-10-12-24(13-11-23)38-29(30,31)32/h6-13,22H,2-5,14-19H2,1H3,(H,33,37). The Labute approximate surface area is 220 Å². The van der Waals surface area contributed by atoms with Crippen molar-refractivity contribution in [2.75, 3.05) is 18.0 Å². The molecule has 0 bridgehead atoms. The maximum absolute atomic E-state index is 13.0. The highest BCUT2D eigenvalue weighted by Gasteiger charge is 2.31. The second kappa shape index (κ2) is 11.1. The van der Waals surface area contributed by atoms with E-state index in [0.717, 1.165) is 80.9 Å². The van der Waals surface area contributed by atoms with Crippen molar-refractivity contribution < 1.29 is 22.7 Å². The Morgan fingerprint density at radius 3 is 2.39 bits per heavy atom. The van der Waals surface area contributed by atoms with Gasteiger partial charge in [-0.3, -0.25) is 4.79 Å². The number of carbonyl (C=O) groups is 1. The Bertz CT molecular complexity index is 1240. The summed E-state index contributed by atoms with van der Waals surface area (Å²) in [5.41, 5.74) is 4.82. The highest BCUT2D eigenvalue weighted by atomic mass is 19.4. The van der Waals surface area contributed by atoms with Crippen molar-refractivity contribution in [3.05, 3.63) is 76.9 Å². The summed E-state index contributed by atoms with van der Waals surface area (Å²) in [7, 11) is 0. The molecule has 0 radical (unpaired) electrons. The summed E-state index contributed by atoms with van der Waals surface area (Å²) in [6, 6.07) is 14.5. The molecule has 0 saturated carbocycles. The largest absolute Gasteiger partial charge is 0.573 e. The van der Waals surface area contributed by atoms with Gasteiger partial charge in [-0.2, -0.15) is 0 Å². The normalized spacial score (nSPS) is 16.3. The summed E-state index contributed by atoms with van der Waals surface area (Å²) in [6.45, 7) is 5.03.